The molecule has 0 radical (unpaired) electrons. The van der Waals surface area contributed by atoms with Gasteiger partial charge in [-0.25, -0.2) is 0 Å². The van der Waals surface area contributed by atoms with Crippen molar-refractivity contribution in [2.24, 2.45) is 11.1 Å². The number of nitrogens with two attached hydrogens (primary N) is 1. The fourth-order valence-electron chi connectivity index (χ4n) is 2.09. The standard InChI is InChI=1S/C16H26N2O2/c1-11-6-7-12(10-13(11)20-5)15(19)18-14(8-9-17)16(2,3)4/h6-7,10,14H,8-9,17H2,1-5H3,(H,18,19). The lowest BCUT2D eigenvalue weighted by Crippen LogP contribution is -2.44. The van der Waals surface area contributed by atoms with Crippen molar-refractivity contribution in [1.29, 1.82) is 0 Å². The zero-order valence-electron chi connectivity index (χ0n) is 13.1. The Kier molecular flexibility index (Phi) is 5.57. The van der Waals surface area contributed by atoms with Gasteiger partial charge in [-0.3, -0.25) is 4.79 Å². The van der Waals surface area contributed by atoms with E-state index >= 15 is 0 Å². The molecule has 0 bridgehead atoms. The van der Waals surface area contributed by atoms with E-state index in [1.807, 2.05) is 19.1 Å². The number of carbonyl (C=O) groups is 1. The molecule has 1 aromatic rings. The predicted molar refractivity (Wildman–Crippen MR) is 82.1 cm³/mol. The van der Waals surface area contributed by atoms with Crippen LogP contribution in [-0.4, -0.2) is 25.6 Å². The molecule has 0 aliphatic carbocycles. The van der Waals surface area contributed by atoms with Gasteiger partial charge in [0.1, 0.15) is 5.75 Å². The van der Waals surface area contributed by atoms with Crippen molar-refractivity contribution in [3.05, 3.63) is 29.3 Å². The third-order valence-corrected chi connectivity index (χ3v) is 3.48. The molecule has 1 amide bonds. The predicted octanol–water partition coefficient (Wildman–Crippen LogP) is 2.50. The van der Waals surface area contributed by atoms with Crippen molar-refractivity contribution < 1.29 is 9.53 Å². The number of hydrogen-bond acceptors (Lipinski definition) is 3. The Labute approximate surface area is 121 Å². The van der Waals surface area contributed by atoms with Gasteiger partial charge in [0.25, 0.3) is 5.91 Å². The number of amides is 1. The molecule has 1 atom stereocenters. The van der Waals surface area contributed by atoms with Crippen LogP contribution in [0.2, 0.25) is 0 Å². The van der Waals surface area contributed by atoms with Gasteiger partial charge in [-0.2, -0.15) is 0 Å². The quantitative estimate of drug-likeness (QED) is 0.869. The van der Waals surface area contributed by atoms with Gasteiger partial charge in [0.2, 0.25) is 0 Å². The number of aryl methyl sites for hydroxylation is 1. The normalized spacial score (nSPS) is 12.9. The maximum absolute atomic E-state index is 12.3. The van der Waals surface area contributed by atoms with E-state index in [9.17, 15) is 4.79 Å². The van der Waals surface area contributed by atoms with Crippen LogP contribution in [0, 0.1) is 12.3 Å². The molecule has 0 saturated heterocycles. The van der Waals surface area contributed by atoms with Gasteiger partial charge in [0, 0.05) is 11.6 Å². The van der Waals surface area contributed by atoms with Crippen LogP contribution in [0.15, 0.2) is 18.2 Å². The van der Waals surface area contributed by atoms with Gasteiger partial charge in [-0.05, 0) is 43.0 Å². The number of ether oxygens (including phenoxy) is 1. The van der Waals surface area contributed by atoms with E-state index in [1.54, 1.807) is 13.2 Å². The Bertz CT molecular complexity index is 464. The Hall–Kier alpha value is -1.55. The average molecular weight is 278 g/mol. The molecule has 0 aliphatic rings. The smallest absolute Gasteiger partial charge is 0.251 e. The summed E-state index contributed by atoms with van der Waals surface area (Å²) in [6.07, 6.45) is 0.762. The van der Waals surface area contributed by atoms with Crippen LogP contribution in [0.4, 0.5) is 0 Å². The molecular formula is C16H26N2O2. The lowest BCUT2D eigenvalue weighted by molar-refractivity contribution is 0.0898. The lowest BCUT2D eigenvalue weighted by Gasteiger charge is -2.31. The number of benzene rings is 1. The summed E-state index contributed by atoms with van der Waals surface area (Å²) in [5, 5.41) is 3.07. The summed E-state index contributed by atoms with van der Waals surface area (Å²) >= 11 is 0. The molecule has 112 valence electrons. The van der Waals surface area contributed by atoms with Crippen molar-refractivity contribution in [2.75, 3.05) is 13.7 Å². The molecule has 4 heteroatoms. The fourth-order valence-corrected chi connectivity index (χ4v) is 2.09. The molecule has 0 fully saturated rings. The van der Waals surface area contributed by atoms with Crippen LogP contribution < -0.4 is 15.8 Å². The monoisotopic (exact) mass is 278 g/mol. The highest BCUT2D eigenvalue weighted by Crippen LogP contribution is 2.23. The first kappa shape index (κ1) is 16.5. The van der Waals surface area contributed by atoms with Gasteiger partial charge < -0.3 is 15.8 Å². The van der Waals surface area contributed by atoms with Gasteiger partial charge in [-0.1, -0.05) is 26.8 Å². The number of carbonyl (C=O) groups excluding carboxylic acids is 1. The third-order valence-electron chi connectivity index (χ3n) is 3.48. The minimum Gasteiger partial charge on any atom is -0.496 e. The molecule has 1 unspecified atom stereocenters. The van der Waals surface area contributed by atoms with Crippen LogP contribution in [0.5, 0.6) is 5.75 Å². The van der Waals surface area contributed by atoms with Gasteiger partial charge in [-0.15, -0.1) is 0 Å². The van der Waals surface area contributed by atoms with E-state index in [2.05, 4.69) is 26.1 Å². The zero-order chi connectivity index (χ0) is 15.3. The number of hydrogen-bond donors (Lipinski definition) is 2. The molecule has 1 rings (SSSR count). The second-order valence-corrected chi connectivity index (χ2v) is 6.15. The van der Waals surface area contributed by atoms with E-state index in [4.69, 9.17) is 10.5 Å². The Balaban J connectivity index is 2.89. The van der Waals surface area contributed by atoms with Crippen molar-refractivity contribution >= 4 is 5.91 Å². The Morgan fingerprint density at radius 2 is 2.05 bits per heavy atom. The van der Waals surface area contributed by atoms with E-state index < -0.39 is 0 Å². The minimum atomic E-state index is -0.0864. The SMILES string of the molecule is COc1cc(C(=O)NC(CCN)C(C)(C)C)ccc1C. The van der Waals surface area contributed by atoms with Crippen LogP contribution in [0.25, 0.3) is 0 Å². The maximum Gasteiger partial charge on any atom is 0.251 e. The number of rotatable bonds is 5. The fraction of sp³-hybridized carbons (Fsp3) is 0.562. The average Bonchev–Trinajstić information content (AvgIpc) is 2.37. The zero-order valence-corrected chi connectivity index (χ0v) is 13.1. The molecule has 0 aromatic heterocycles. The lowest BCUT2D eigenvalue weighted by atomic mass is 9.84. The first-order valence-corrected chi connectivity index (χ1v) is 6.95. The van der Waals surface area contributed by atoms with E-state index in [1.165, 1.54) is 0 Å². The van der Waals surface area contributed by atoms with Crippen molar-refractivity contribution in [1.82, 2.24) is 5.32 Å². The highest BCUT2D eigenvalue weighted by Gasteiger charge is 2.26. The van der Waals surface area contributed by atoms with Crippen LogP contribution >= 0.6 is 0 Å². The largest absolute Gasteiger partial charge is 0.496 e. The highest BCUT2D eigenvalue weighted by atomic mass is 16.5. The molecule has 0 spiro atoms. The second kappa shape index (κ2) is 6.75. The second-order valence-electron chi connectivity index (χ2n) is 6.15. The van der Waals surface area contributed by atoms with Gasteiger partial charge in [0.05, 0.1) is 7.11 Å². The molecule has 4 nitrogen and oxygen atoms in total. The van der Waals surface area contributed by atoms with E-state index in [0.717, 1.165) is 17.7 Å². The molecule has 20 heavy (non-hydrogen) atoms. The van der Waals surface area contributed by atoms with Gasteiger partial charge in [0.15, 0.2) is 0 Å². The van der Waals surface area contributed by atoms with Crippen LogP contribution in [-0.2, 0) is 0 Å². The summed E-state index contributed by atoms with van der Waals surface area (Å²) in [5.41, 5.74) is 7.23. The molecule has 0 aliphatic heterocycles. The summed E-state index contributed by atoms with van der Waals surface area (Å²) in [7, 11) is 1.61. The van der Waals surface area contributed by atoms with Crippen LogP contribution in [0.1, 0.15) is 43.1 Å². The maximum atomic E-state index is 12.3. The van der Waals surface area contributed by atoms with Crippen LogP contribution in [0.3, 0.4) is 0 Å². The molecule has 1 aromatic carbocycles. The summed E-state index contributed by atoms with van der Waals surface area (Å²) < 4.78 is 5.26. The van der Waals surface area contributed by atoms with E-state index in [0.29, 0.717) is 12.1 Å². The number of nitrogens with one attached hydrogen (secondary N) is 1. The molecular weight excluding hydrogens is 252 g/mol. The van der Waals surface area contributed by atoms with Crippen molar-refractivity contribution in [3.63, 3.8) is 0 Å². The molecule has 0 saturated carbocycles. The highest BCUT2D eigenvalue weighted by molar-refractivity contribution is 5.95. The first-order valence-electron chi connectivity index (χ1n) is 6.95. The Morgan fingerprint density at radius 1 is 1.40 bits per heavy atom. The molecule has 3 N–H and O–H groups in total. The minimum absolute atomic E-state index is 0.0240. The first-order chi connectivity index (χ1) is 9.29. The summed E-state index contributed by atoms with van der Waals surface area (Å²) in [6.45, 7) is 8.81. The summed E-state index contributed by atoms with van der Waals surface area (Å²) in [5.74, 6) is 0.639. The van der Waals surface area contributed by atoms with Gasteiger partial charge >= 0.3 is 0 Å². The topological polar surface area (TPSA) is 64.3 Å². The van der Waals surface area contributed by atoms with E-state index in [-0.39, 0.29) is 17.4 Å². The summed E-state index contributed by atoms with van der Waals surface area (Å²) in [4.78, 5) is 12.3. The van der Waals surface area contributed by atoms with Crippen molar-refractivity contribution in [3.8, 4) is 5.75 Å². The van der Waals surface area contributed by atoms with Crippen molar-refractivity contribution in [2.45, 2.75) is 40.2 Å². The summed E-state index contributed by atoms with van der Waals surface area (Å²) in [6, 6.07) is 5.53. The molecule has 0 heterocycles. The Morgan fingerprint density at radius 3 is 2.55 bits per heavy atom. The third kappa shape index (κ3) is 4.23. The number of methoxy groups -OCH3 is 1.